The number of nitrogens with one attached hydrogen (secondary N) is 1. The standard InChI is InChI=1S/C12H15BrFN3O2/c1-16-4-2-3-8(7-16)15-11-6-10(14)9(13)5-12(11)17(18)19/h5-6,8,15H,2-4,7H2,1H3. The van der Waals surface area contributed by atoms with Crippen LogP contribution in [0.4, 0.5) is 15.8 Å². The maximum absolute atomic E-state index is 13.5. The summed E-state index contributed by atoms with van der Waals surface area (Å²) in [5.74, 6) is -0.503. The molecule has 0 radical (unpaired) electrons. The summed E-state index contributed by atoms with van der Waals surface area (Å²) < 4.78 is 13.6. The summed E-state index contributed by atoms with van der Waals surface area (Å²) in [4.78, 5) is 12.7. The van der Waals surface area contributed by atoms with Gasteiger partial charge in [0.25, 0.3) is 5.69 Å². The zero-order valence-corrected chi connectivity index (χ0v) is 12.1. The van der Waals surface area contributed by atoms with Gasteiger partial charge in [-0.05, 0) is 42.4 Å². The Hall–Kier alpha value is -1.21. The van der Waals surface area contributed by atoms with E-state index in [-0.39, 0.29) is 21.9 Å². The SMILES string of the molecule is CN1CCCC(Nc2cc(F)c(Br)cc2[N+](=O)[O-])C1. The Morgan fingerprint density at radius 1 is 1.58 bits per heavy atom. The van der Waals surface area contributed by atoms with Crippen molar-refractivity contribution in [3.8, 4) is 0 Å². The summed E-state index contributed by atoms with van der Waals surface area (Å²) in [5, 5.41) is 14.1. The predicted octanol–water partition coefficient (Wildman–Crippen LogP) is 3.00. The predicted molar refractivity (Wildman–Crippen MR) is 74.9 cm³/mol. The van der Waals surface area contributed by atoms with Gasteiger partial charge < -0.3 is 10.2 Å². The number of hydrogen-bond donors (Lipinski definition) is 1. The van der Waals surface area contributed by atoms with Crippen LogP contribution in [0.3, 0.4) is 0 Å². The van der Waals surface area contributed by atoms with Crippen LogP contribution in [-0.2, 0) is 0 Å². The van der Waals surface area contributed by atoms with Crippen LogP contribution in [0.25, 0.3) is 0 Å². The van der Waals surface area contributed by atoms with Gasteiger partial charge in [-0.1, -0.05) is 0 Å². The molecule has 5 nitrogen and oxygen atoms in total. The molecule has 1 unspecified atom stereocenters. The smallest absolute Gasteiger partial charge is 0.293 e. The highest BCUT2D eigenvalue weighted by molar-refractivity contribution is 9.10. The molecule has 0 aromatic heterocycles. The van der Waals surface area contributed by atoms with Crippen molar-refractivity contribution < 1.29 is 9.31 Å². The number of rotatable bonds is 3. The normalized spacial score (nSPS) is 20.3. The first kappa shape index (κ1) is 14.2. The van der Waals surface area contributed by atoms with Gasteiger partial charge in [0.2, 0.25) is 0 Å². The van der Waals surface area contributed by atoms with E-state index in [1.165, 1.54) is 12.1 Å². The van der Waals surface area contributed by atoms with Gasteiger partial charge in [-0.2, -0.15) is 0 Å². The van der Waals surface area contributed by atoms with Gasteiger partial charge >= 0.3 is 0 Å². The van der Waals surface area contributed by atoms with E-state index in [9.17, 15) is 14.5 Å². The van der Waals surface area contributed by atoms with Gasteiger partial charge in [-0.15, -0.1) is 0 Å². The van der Waals surface area contributed by atoms with Crippen LogP contribution >= 0.6 is 15.9 Å². The lowest BCUT2D eigenvalue weighted by molar-refractivity contribution is -0.384. The van der Waals surface area contributed by atoms with E-state index < -0.39 is 10.7 Å². The van der Waals surface area contributed by atoms with Crippen LogP contribution in [0.5, 0.6) is 0 Å². The first-order valence-electron chi connectivity index (χ1n) is 6.06. The Morgan fingerprint density at radius 3 is 2.95 bits per heavy atom. The van der Waals surface area contributed by atoms with E-state index in [4.69, 9.17) is 0 Å². The average Bonchev–Trinajstić information content (AvgIpc) is 2.33. The lowest BCUT2D eigenvalue weighted by Gasteiger charge is -2.30. The Labute approximate surface area is 119 Å². The summed E-state index contributed by atoms with van der Waals surface area (Å²) in [6.07, 6.45) is 1.96. The van der Waals surface area contributed by atoms with Crippen LogP contribution in [0.1, 0.15) is 12.8 Å². The minimum absolute atomic E-state index is 0.102. The lowest BCUT2D eigenvalue weighted by Crippen LogP contribution is -2.39. The Kier molecular flexibility index (Phi) is 4.36. The summed E-state index contributed by atoms with van der Waals surface area (Å²) in [6, 6.07) is 2.49. The zero-order chi connectivity index (χ0) is 14.0. The van der Waals surface area contributed by atoms with Crippen molar-refractivity contribution in [1.82, 2.24) is 4.90 Å². The number of likely N-dealkylation sites (tertiary alicyclic amines) is 1. The monoisotopic (exact) mass is 331 g/mol. The second-order valence-corrected chi connectivity index (χ2v) is 5.64. The van der Waals surface area contributed by atoms with Crippen molar-refractivity contribution in [3.05, 3.63) is 32.5 Å². The average molecular weight is 332 g/mol. The molecule has 0 saturated carbocycles. The third-order valence-corrected chi connectivity index (χ3v) is 3.83. The van der Waals surface area contributed by atoms with E-state index in [0.717, 1.165) is 25.9 Å². The van der Waals surface area contributed by atoms with Crippen LogP contribution in [0.2, 0.25) is 0 Å². The summed E-state index contributed by atoms with van der Waals surface area (Å²) in [7, 11) is 2.00. The molecule has 2 rings (SSSR count). The highest BCUT2D eigenvalue weighted by Crippen LogP contribution is 2.31. The molecule has 19 heavy (non-hydrogen) atoms. The first-order valence-corrected chi connectivity index (χ1v) is 6.85. The minimum atomic E-state index is -0.503. The highest BCUT2D eigenvalue weighted by Gasteiger charge is 2.22. The van der Waals surface area contributed by atoms with Crippen molar-refractivity contribution >= 4 is 27.3 Å². The molecule has 0 amide bonds. The number of nitro groups is 1. The lowest BCUT2D eigenvalue weighted by atomic mass is 10.1. The van der Waals surface area contributed by atoms with E-state index >= 15 is 0 Å². The molecule has 1 heterocycles. The minimum Gasteiger partial charge on any atom is -0.375 e. The van der Waals surface area contributed by atoms with Crippen molar-refractivity contribution in [2.45, 2.75) is 18.9 Å². The molecule has 1 aromatic carbocycles. The number of anilines is 1. The fourth-order valence-corrected chi connectivity index (χ4v) is 2.64. The van der Waals surface area contributed by atoms with Gasteiger partial charge in [0.15, 0.2) is 0 Å². The van der Waals surface area contributed by atoms with Crippen LogP contribution in [0.15, 0.2) is 16.6 Å². The Morgan fingerprint density at radius 2 is 2.32 bits per heavy atom. The number of nitrogens with zero attached hydrogens (tertiary/aromatic N) is 2. The molecule has 1 aliphatic rings. The van der Waals surface area contributed by atoms with Crippen LogP contribution in [-0.4, -0.2) is 36.0 Å². The molecular formula is C12H15BrFN3O2. The fourth-order valence-electron chi connectivity index (χ4n) is 2.31. The zero-order valence-electron chi connectivity index (χ0n) is 10.5. The van der Waals surface area contributed by atoms with E-state index in [2.05, 4.69) is 26.1 Å². The second-order valence-electron chi connectivity index (χ2n) is 4.79. The molecule has 0 spiro atoms. The molecular weight excluding hydrogens is 317 g/mol. The third kappa shape index (κ3) is 3.42. The molecule has 1 saturated heterocycles. The van der Waals surface area contributed by atoms with Crippen molar-refractivity contribution in [1.29, 1.82) is 0 Å². The number of hydrogen-bond acceptors (Lipinski definition) is 4. The number of benzene rings is 1. The molecule has 1 aromatic rings. The largest absolute Gasteiger partial charge is 0.375 e. The third-order valence-electron chi connectivity index (χ3n) is 3.22. The quantitative estimate of drug-likeness (QED) is 0.683. The number of nitro benzene ring substituents is 1. The Balaban J connectivity index is 2.23. The van der Waals surface area contributed by atoms with E-state index in [1.54, 1.807) is 0 Å². The first-order chi connectivity index (χ1) is 8.97. The Bertz CT molecular complexity index is 498. The summed E-state index contributed by atoms with van der Waals surface area (Å²) in [5.41, 5.74) is 0.132. The van der Waals surface area contributed by atoms with Gasteiger partial charge in [0.1, 0.15) is 11.5 Å². The molecule has 1 N–H and O–H groups in total. The number of halogens is 2. The van der Waals surface area contributed by atoms with Crippen LogP contribution < -0.4 is 5.32 Å². The maximum atomic E-state index is 13.5. The van der Waals surface area contributed by atoms with Gasteiger partial charge in [-0.3, -0.25) is 10.1 Å². The fraction of sp³-hybridized carbons (Fsp3) is 0.500. The molecule has 7 heteroatoms. The topological polar surface area (TPSA) is 58.4 Å². The molecule has 104 valence electrons. The number of piperidine rings is 1. The highest BCUT2D eigenvalue weighted by atomic mass is 79.9. The van der Waals surface area contributed by atoms with Crippen LogP contribution in [0, 0.1) is 15.9 Å². The van der Waals surface area contributed by atoms with E-state index in [0.29, 0.717) is 0 Å². The summed E-state index contributed by atoms with van der Waals surface area (Å²) >= 11 is 2.97. The van der Waals surface area contributed by atoms with Gasteiger partial charge in [0.05, 0.1) is 9.40 Å². The molecule has 1 fully saturated rings. The van der Waals surface area contributed by atoms with Crippen molar-refractivity contribution in [3.63, 3.8) is 0 Å². The van der Waals surface area contributed by atoms with Gasteiger partial charge in [-0.25, -0.2) is 4.39 Å². The van der Waals surface area contributed by atoms with E-state index in [1.807, 2.05) is 7.05 Å². The van der Waals surface area contributed by atoms with Crippen molar-refractivity contribution in [2.24, 2.45) is 0 Å². The number of likely N-dealkylation sites (N-methyl/N-ethyl adjacent to an activating group) is 1. The maximum Gasteiger partial charge on any atom is 0.293 e. The van der Waals surface area contributed by atoms with Crippen molar-refractivity contribution in [2.75, 3.05) is 25.5 Å². The molecule has 0 bridgehead atoms. The second kappa shape index (κ2) is 5.83. The van der Waals surface area contributed by atoms with Gasteiger partial charge in [0, 0.05) is 24.7 Å². The summed E-state index contributed by atoms with van der Waals surface area (Å²) in [6.45, 7) is 1.82. The molecule has 0 aliphatic carbocycles. The molecule has 1 aliphatic heterocycles. The molecule has 1 atom stereocenters.